The maximum absolute atomic E-state index is 11.3. The number of likely N-dealkylation sites (tertiary alicyclic amines) is 1. The lowest BCUT2D eigenvalue weighted by Crippen LogP contribution is -2.47. The molecule has 1 spiro atoms. The molecular formula is C11H20N2O2. The largest absolute Gasteiger partial charge is 0.387 e. The molecule has 2 fully saturated rings. The Balaban J connectivity index is 1.94. The molecule has 0 aromatic carbocycles. The average Bonchev–Trinajstić information content (AvgIpc) is 2.61. The molecule has 1 unspecified atom stereocenters. The molecule has 0 bridgehead atoms. The zero-order valence-electron chi connectivity index (χ0n) is 9.33. The van der Waals surface area contributed by atoms with E-state index in [9.17, 15) is 4.79 Å². The molecule has 0 aromatic heterocycles. The number of amides is 1. The van der Waals surface area contributed by atoms with E-state index in [2.05, 4.69) is 12.2 Å². The maximum Gasteiger partial charge on any atom is 0.248 e. The Kier molecular flexibility index (Phi) is 2.98. The average molecular weight is 212 g/mol. The zero-order chi connectivity index (χ0) is 10.9. The van der Waals surface area contributed by atoms with E-state index in [4.69, 9.17) is 5.11 Å². The van der Waals surface area contributed by atoms with E-state index >= 15 is 0 Å². The van der Waals surface area contributed by atoms with Crippen LogP contribution in [0.5, 0.6) is 0 Å². The summed E-state index contributed by atoms with van der Waals surface area (Å²) in [4.78, 5) is 13.1. The monoisotopic (exact) mass is 212 g/mol. The first-order valence-electron chi connectivity index (χ1n) is 5.80. The minimum atomic E-state index is -0.346. The summed E-state index contributed by atoms with van der Waals surface area (Å²) in [5.41, 5.74) is 0.409. The van der Waals surface area contributed by atoms with Crippen molar-refractivity contribution >= 4 is 5.91 Å². The highest BCUT2D eigenvalue weighted by atomic mass is 16.3. The summed E-state index contributed by atoms with van der Waals surface area (Å²) in [5, 5.41) is 12.3. The van der Waals surface area contributed by atoms with Crippen LogP contribution in [0.2, 0.25) is 0 Å². The van der Waals surface area contributed by atoms with Crippen LogP contribution in [0, 0.1) is 5.41 Å². The van der Waals surface area contributed by atoms with Crippen LogP contribution in [0.25, 0.3) is 0 Å². The second-order valence-electron chi connectivity index (χ2n) is 4.83. The lowest BCUT2D eigenvalue weighted by Gasteiger charge is -2.41. The van der Waals surface area contributed by atoms with Gasteiger partial charge in [0.1, 0.15) is 6.61 Å². The number of hydrogen-bond acceptors (Lipinski definition) is 3. The molecule has 2 N–H and O–H groups in total. The molecular weight excluding hydrogens is 192 g/mol. The molecule has 2 heterocycles. The van der Waals surface area contributed by atoms with E-state index in [0.29, 0.717) is 11.5 Å². The standard InChI is InChI=1S/C11H20N2O2/c1-9-11(2-5-12-9)3-6-13(7-4-11)10(15)8-14/h9,12,14H,2-8H2,1H3. The Hall–Kier alpha value is -0.610. The van der Waals surface area contributed by atoms with Gasteiger partial charge in [0.05, 0.1) is 0 Å². The van der Waals surface area contributed by atoms with Crippen LogP contribution in [0.15, 0.2) is 0 Å². The topological polar surface area (TPSA) is 52.6 Å². The molecule has 4 nitrogen and oxygen atoms in total. The predicted molar refractivity (Wildman–Crippen MR) is 57.4 cm³/mol. The SMILES string of the molecule is CC1NCCC12CCN(C(=O)CO)CC2. The number of rotatable bonds is 1. The normalized spacial score (nSPS) is 29.7. The molecule has 2 rings (SSSR count). The first kappa shape index (κ1) is 10.9. The fourth-order valence-corrected chi connectivity index (χ4v) is 2.96. The second-order valence-corrected chi connectivity index (χ2v) is 4.83. The summed E-state index contributed by atoms with van der Waals surface area (Å²) >= 11 is 0. The van der Waals surface area contributed by atoms with Crippen LogP contribution in [-0.4, -0.2) is 48.2 Å². The molecule has 0 radical (unpaired) electrons. The van der Waals surface area contributed by atoms with Gasteiger partial charge < -0.3 is 15.3 Å². The van der Waals surface area contributed by atoms with E-state index in [1.165, 1.54) is 6.42 Å². The Labute approximate surface area is 90.6 Å². The molecule has 0 aromatic rings. The van der Waals surface area contributed by atoms with Gasteiger partial charge in [-0.15, -0.1) is 0 Å². The summed E-state index contributed by atoms with van der Waals surface area (Å²) in [6, 6.07) is 0.573. The number of nitrogens with one attached hydrogen (secondary N) is 1. The Morgan fingerprint density at radius 1 is 1.47 bits per heavy atom. The summed E-state index contributed by atoms with van der Waals surface area (Å²) in [5.74, 6) is -0.122. The highest BCUT2D eigenvalue weighted by Gasteiger charge is 2.42. The number of carbonyl (C=O) groups excluding carboxylic acids is 1. The van der Waals surface area contributed by atoms with Gasteiger partial charge in [0, 0.05) is 19.1 Å². The van der Waals surface area contributed by atoms with Crippen molar-refractivity contribution in [2.24, 2.45) is 5.41 Å². The lowest BCUT2D eigenvalue weighted by molar-refractivity contribution is -0.136. The molecule has 0 saturated carbocycles. The van der Waals surface area contributed by atoms with Crippen LogP contribution in [-0.2, 0) is 4.79 Å². The minimum Gasteiger partial charge on any atom is -0.387 e. The van der Waals surface area contributed by atoms with Gasteiger partial charge >= 0.3 is 0 Å². The predicted octanol–water partition coefficient (Wildman–Crippen LogP) is -0.0307. The quantitative estimate of drug-likeness (QED) is 0.642. The van der Waals surface area contributed by atoms with Crippen LogP contribution in [0.4, 0.5) is 0 Å². The van der Waals surface area contributed by atoms with Crippen molar-refractivity contribution < 1.29 is 9.90 Å². The van der Waals surface area contributed by atoms with Crippen molar-refractivity contribution in [3.8, 4) is 0 Å². The number of piperidine rings is 1. The van der Waals surface area contributed by atoms with Gasteiger partial charge in [0.15, 0.2) is 0 Å². The molecule has 1 amide bonds. The first-order valence-corrected chi connectivity index (χ1v) is 5.80. The smallest absolute Gasteiger partial charge is 0.248 e. The van der Waals surface area contributed by atoms with Gasteiger partial charge in [-0.1, -0.05) is 0 Å². The van der Waals surface area contributed by atoms with Gasteiger partial charge in [0.25, 0.3) is 0 Å². The summed E-state index contributed by atoms with van der Waals surface area (Å²) in [6.45, 7) is 4.63. The van der Waals surface area contributed by atoms with E-state index < -0.39 is 0 Å². The third-order valence-electron chi connectivity index (χ3n) is 4.24. The van der Waals surface area contributed by atoms with Crippen molar-refractivity contribution in [2.45, 2.75) is 32.2 Å². The van der Waals surface area contributed by atoms with E-state index in [0.717, 1.165) is 32.5 Å². The van der Waals surface area contributed by atoms with Crippen molar-refractivity contribution in [3.05, 3.63) is 0 Å². The van der Waals surface area contributed by atoms with Crippen molar-refractivity contribution in [1.29, 1.82) is 0 Å². The molecule has 4 heteroatoms. The van der Waals surface area contributed by atoms with Crippen LogP contribution in [0.1, 0.15) is 26.2 Å². The Bertz CT molecular complexity index is 247. The van der Waals surface area contributed by atoms with Gasteiger partial charge in [-0.2, -0.15) is 0 Å². The number of carbonyl (C=O) groups is 1. The number of hydrogen-bond donors (Lipinski definition) is 2. The van der Waals surface area contributed by atoms with Gasteiger partial charge in [-0.25, -0.2) is 0 Å². The lowest BCUT2D eigenvalue weighted by atomic mass is 9.73. The van der Waals surface area contributed by atoms with E-state index in [1.807, 2.05) is 0 Å². The number of nitrogens with zero attached hydrogens (tertiary/aromatic N) is 1. The molecule has 15 heavy (non-hydrogen) atoms. The van der Waals surface area contributed by atoms with Crippen molar-refractivity contribution in [3.63, 3.8) is 0 Å². The maximum atomic E-state index is 11.3. The van der Waals surface area contributed by atoms with Crippen LogP contribution < -0.4 is 5.32 Å². The van der Waals surface area contributed by atoms with Gasteiger partial charge in [-0.3, -0.25) is 4.79 Å². The second kappa shape index (κ2) is 4.10. The Morgan fingerprint density at radius 3 is 2.60 bits per heavy atom. The molecule has 0 aliphatic carbocycles. The number of aliphatic hydroxyl groups excluding tert-OH is 1. The van der Waals surface area contributed by atoms with Gasteiger partial charge in [0.2, 0.25) is 5.91 Å². The highest BCUT2D eigenvalue weighted by molar-refractivity contribution is 5.77. The van der Waals surface area contributed by atoms with Crippen LogP contribution >= 0.6 is 0 Å². The minimum absolute atomic E-state index is 0.122. The fraction of sp³-hybridized carbons (Fsp3) is 0.909. The summed E-state index contributed by atoms with van der Waals surface area (Å²) in [6.07, 6.45) is 3.38. The van der Waals surface area contributed by atoms with Crippen molar-refractivity contribution in [1.82, 2.24) is 10.2 Å². The van der Waals surface area contributed by atoms with Gasteiger partial charge in [-0.05, 0) is 38.1 Å². The molecule has 2 saturated heterocycles. The molecule has 86 valence electrons. The van der Waals surface area contributed by atoms with Crippen molar-refractivity contribution in [2.75, 3.05) is 26.2 Å². The fourth-order valence-electron chi connectivity index (χ4n) is 2.96. The zero-order valence-corrected chi connectivity index (χ0v) is 9.33. The highest BCUT2D eigenvalue weighted by Crippen LogP contribution is 2.41. The van der Waals surface area contributed by atoms with Crippen LogP contribution in [0.3, 0.4) is 0 Å². The number of aliphatic hydroxyl groups is 1. The summed E-state index contributed by atoms with van der Waals surface area (Å²) in [7, 11) is 0. The third kappa shape index (κ3) is 1.88. The molecule has 1 atom stereocenters. The van der Waals surface area contributed by atoms with E-state index in [1.54, 1.807) is 4.90 Å². The molecule has 2 aliphatic heterocycles. The molecule has 2 aliphatic rings. The first-order chi connectivity index (χ1) is 7.18. The Morgan fingerprint density at radius 2 is 2.13 bits per heavy atom. The third-order valence-corrected chi connectivity index (χ3v) is 4.24. The van der Waals surface area contributed by atoms with E-state index in [-0.39, 0.29) is 12.5 Å². The summed E-state index contributed by atoms with van der Waals surface area (Å²) < 4.78 is 0.